The molecular formula is C26H27N5O5. The van der Waals surface area contributed by atoms with E-state index < -0.39 is 5.60 Å². The summed E-state index contributed by atoms with van der Waals surface area (Å²) in [6.07, 6.45) is 2.14. The largest absolute Gasteiger partial charge is 0.497 e. The summed E-state index contributed by atoms with van der Waals surface area (Å²) in [6, 6.07) is 14.3. The topological polar surface area (TPSA) is 123 Å². The molecule has 1 aliphatic rings. The van der Waals surface area contributed by atoms with Crippen molar-refractivity contribution in [3.63, 3.8) is 0 Å². The monoisotopic (exact) mass is 489 g/mol. The van der Waals surface area contributed by atoms with Gasteiger partial charge in [0.25, 0.3) is 11.5 Å². The van der Waals surface area contributed by atoms with Crippen LogP contribution in [0.5, 0.6) is 11.5 Å². The van der Waals surface area contributed by atoms with E-state index in [0.717, 1.165) is 11.3 Å². The summed E-state index contributed by atoms with van der Waals surface area (Å²) < 4.78 is 11.7. The molecule has 0 unspecified atom stereocenters. The number of hydrogen-bond donors (Lipinski definition) is 2. The Morgan fingerprint density at radius 2 is 1.64 bits per heavy atom. The lowest BCUT2D eigenvalue weighted by Gasteiger charge is -2.38. The summed E-state index contributed by atoms with van der Waals surface area (Å²) >= 11 is 0. The second-order valence-electron chi connectivity index (χ2n) is 8.95. The van der Waals surface area contributed by atoms with Crippen LogP contribution < -0.4 is 15.0 Å². The lowest BCUT2D eigenvalue weighted by molar-refractivity contribution is -0.0299. The highest BCUT2D eigenvalue weighted by molar-refractivity contribution is 5.94. The molecule has 4 aromatic rings. The molecule has 1 amide bonds. The average molecular weight is 490 g/mol. The maximum atomic E-state index is 13.1. The van der Waals surface area contributed by atoms with Crippen LogP contribution in [0, 0.1) is 0 Å². The van der Waals surface area contributed by atoms with Crippen LogP contribution in [-0.4, -0.2) is 68.6 Å². The third kappa shape index (κ3) is 4.42. The van der Waals surface area contributed by atoms with Gasteiger partial charge in [0, 0.05) is 24.2 Å². The number of carbonyl (C=O) groups is 1. The van der Waals surface area contributed by atoms with Gasteiger partial charge in [0.05, 0.1) is 32.7 Å². The average Bonchev–Trinajstić information content (AvgIpc) is 3.35. The molecule has 36 heavy (non-hydrogen) atoms. The van der Waals surface area contributed by atoms with Crippen LogP contribution in [0.1, 0.15) is 23.2 Å². The van der Waals surface area contributed by atoms with E-state index in [4.69, 9.17) is 9.47 Å². The first-order valence-corrected chi connectivity index (χ1v) is 11.6. The van der Waals surface area contributed by atoms with Crippen molar-refractivity contribution in [2.45, 2.75) is 25.0 Å². The van der Waals surface area contributed by atoms with E-state index in [0.29, 0.717) is 48.5 Å². The van der Waals surface area contributed by atoms with Crippen molar-refractivity contribution >= 4 is 16.9 Å². The van der Waals surface area contributed by atoms with Crippen LogP contribution in [0.2, 0.25) is 0 Å². The molecule has 0 bridgehead atoms. The highest BCUT2D eigenvalue weighted by atomic mass is 16.5. The minimum Gasteiger partial charge on any atom is -0.497 e. The Morgan fingerprint density at radius 3 is 2.25 bits per heavy atom. The molecule has 1 aliphatic heterocycles. The fourth-order valence-electron chi connectivity index (χ4n) is 4.51. The summed E-state index contributed by atoms with van der Waals surface area (Å²) in [4.78, 5) is 32.2. The lowest BCUT2D eigenvalue weighted by Crippen LogP contribution is -2.49. The van der Waals surface area contributed by atoms with Crippen molar-refractivity contribution < 1.29 is 19.4 Å². The quantitative estimate of drug-likeness (QED) is 0.427. The molecule has 0 aliphatic carbocycles. The molecule has 0 atom stereocenters. The minimum atomic E-state index is -1.13. The van der Waals surface area contributed by atoms with E-state index in [1.807, 2.05) is 24.3 Å². The number of benzene rings is 2. The number of nitrogens with zero attached hydrogens (tertiary/aromatic N) is 4. The third-order valence-electron chi connectivity index (χ3n) is 6.69. The van der Waals surface area contributed by atoms with Gasteiger partial charge in [-0.2, -0.15) is 5.10 Å². The number of rotatable bonds is 6. The van der Waals surface area contributed by atoms with E-state index >= 15 is 0 Å². The Morgan fingerprint density at radius 1 is 1.03 bits per heavy atom. The molecule has 2 aromatic heterocycles. The zero-order valence-electron chi connectivity index (χ0n) is 20.1. The predicted molar refractivity (Wildman–Crippen MR) is 133 cm³/mol. The molecule has 1 saturated heterocycles. The van der Waals surface area contributed by atoms with Crippen LogP contribution >= 0.6 is 0 Å². The van der Waals surface area contributed by atoms with Gasteiger partial charge in [-0.15, -0.1) is 0 Å². The van der Waals surface area contributed by atoms with Gasteiger partial charge in [0.15, 0.2) is 0 Å². The van der Waals surface area contributed by atoms with Gasteiger partial charge in [0.2, 0.25) is 0 Å². The van der Waals surface area contributed by atoms with E-state index in [9.17, 15) is 14.7 Å². The zero-order chi connectivity index (χ0) is 25.3. The van der Waals surface area contributed by atoms with Gasteiger partial charge < -0.3 is 19.5 Å². The number of ether oxygens (including phenoxy) is 2. The molecule has 1 fully saturated rings. The first kappa shape index (κ1) is 23.6. The first-order chi connectivity index (χ1) is 17.4. The summed E-state index contributed by atoms with van der Waals surface area (Å²) in [5, 5.41) is 18.3. The van der Waals surface area contributed by atoms with Crippen LogP contribution in [0.4, 0.5) is 0 Å². The number of amides is 1. The number of aromatic amines is 1. The number of aromatic nitrogens is 4. The second kappa shape index (κ2) is 9.46. The number of piperidine rings is 1. The van der Waals surface area contributed by atoms with Gasteiger partial charge in [-0.3, -0.25) is 19.3 Å². The third-order valence-corrected chi connectivity index (χ3v) is 6.69. The van der Waals surface area contributed by atoms with Crippen LogP contribution in [0.15, 0.2) is 59.7 Å². The number of hydrogen-bond acceptors (Lipinski definition) is 7. The smallest absolute Gasteiger partial charge is 0.279 e. The minimum absolute atomic E-state index is 0.0796. The Hall–Kier alpha value is -4.18. The second-order valence-corrected chi connectivity index (χ2v) is 8.95. The molecule has 5 rings (SSSR count). The summed E-state index contributed by atoms with van der Waals surface area (Å²) in [5.41, 5.74) is 1.25. The van der Waals surface area contributed by atoms with Crippen molar-refractivity contribution in [3.8, 4) is 22.8 Å². The highest BCUT2D eigenvalue weighted by Gasteiger charge is 2.35. The molecule has 3 heterocycles. The fraction of sp³-hybridized carbons (Fsp3) is 0.308. The predicted octanol–water partition coefficient (Wildman–Crippen LogP) is 2.47. The van der Waals surface area contributed by atoms with Crippen LogP contribution in [0.3, 0.4) is 0 Å². The van der Waals surface area contributed by atoms with E-state index in [-0.39, 0.29) is 23.5 Å². The zero-order valence-corrected chi connectivity index (χ0v) is 20.1. The SMILES string of the molecule is COc1ccc(C(=O)N2CCC(O)(Cn3cnc4c(-c5ccc(OC)cc5)n[nH]c4c3=O)CC2)cc1. The summed E-state index contributed by atoms with van der Waals surface area (Å²) in [6.45, 7) is 0.852. The first-order valence-electron chi connectivity index (χ1n) is 11.6. The number of nitrogens with one attached hydrogen (secondary N) is 1. The number of carbonyl (C=O) groups excluding carboxylic acids is 1. The van der Waals surface area contributed by atoms with Gasteiger partial charge in [-0.25, -0.2) is 4.98 Å². The Balaban J connectivity index is 1.29. The number of H-pyrrole nitrogens is 1. The molecule has 2 aromatic carbocycles. The fourth-order valence-corrected chi connectivity index (χ4v) is 4.51. The van der Waals surface area contributed by atoms with Crippen molar-refractivity contribution in [1.82, 2.24) is 24.6 Å². The molecule has 186 valence electrons. The number of aliphatic hydroxyl groups is 1. The number of methoxy groups -OCH3 is 2. The Kier molecular flexibility index (Phi) is 6.19. The van der Waals surface area contributed by atoms with Crippen molar-refractivity contribution in [2.24, 2.45) is 0 Å². The molecule has 0 spiro atoms. The van der Waals surface area contributed by atoms with Gasteiger partial charge in [0.1, 0.15) is 28.2 Å². The molecule has 0 saturated carbocycles. The Bertz CT molecular complexity index is 1430. The van der Waals surface area contributed by atoms with Crippen molar-refractivity contribution in [3.05, 3.63) is 70.8 Å². The number of fused-ring (bicyclic) bond motifs is 1. The summed E-state index contributed by atoms with van der Waals surface area (Å²) in [5.74, 6) is 1.31. The maximum Gasteiger partial charge on any atom is 0.279 e. The number of likely N-dealkylation sites (tertiary alicyclic amines) is 1. The molecule has 10 heteroatoms. The van der Waals surface area contributed by atoms with E-state index in [1.165, 1.54) is 10.9 Å². The van der Waals surface area contributed by atoms with Gasteiger partial charge in [-0.05, 0) is 61.4 Å². The summed E-state index contributed by atoms with van der Waals surface area (Å²) in [7, 11) is 3.17. The molecule has 10 nitrogen and oxygen atoms in total. The molecule has 2 N–H and O–H groups in total. The molecular weight excluding hydrogens is 462 g/mol. The van der Waals surface area contributed by atoms with Gasteiger partial charge in [-0.1, -0.05) is 0 Å². The highest BCUT2D eigenvalue weighted by Crippen LogP contribution is 2.27. The molecule has 0 radical (unpaired) electrons. The van der Waals surface area contributed by atoms with Crippen LogP contribution in [0.25, 0.3) is 22.3 Å². The lowest BCUT2D eigenvalue weighted by atomic mass is 9.91. The standard InChI is InChI=1S/C26H27N5O5/c1-35-19-7-3-17(4-8-19)21-22-23(29-28-21)25(33)31(16-27-22)15-26(34)11-13-30(14-12-26)24(32)18-5-9-20(36-2)10-6-18/h3-10,16,34H,11-15H2,1-2H3,(H,28,29). The van der Waals surface area contributed by atoms with Crippen molar-refractivity contribution in [2.75, 3.05) is 27.3 Å². The normalized spacial score (nSPS) is 15.1. The maximum absolute atomic E-state index is 13.1. The van der Waals surface area contributed by atoms with Crippen LogP contribution in [-0.2, 0) is 6.54 Å². The Labute approximate surface area is 207 Å². The van der Waals surface area contributed by atoms with Crippen molar-refractivity contribution in [1.29, 1.82) is 0 Å². The van der Waals surface area contributed by atoms with E-state index in [2.05, 4.69) is 15.2 Å². The van der Waals surface area contributed by atoms with E-state index in [1.54, 1.807) is 43.4 Å². The van der Waals surface area contributed by atoms with Gasteiger partial charge >= 0.3 is 0 Å².